The van der Waals surface area contributed by atoms with Crippen LogP contribution >= 0.6 is 0 Å². The summed E-state index contributed by atoms with van der Waals surface area (Å²) in [6.45, 7) is 6.04. The molecule has 1 heterocycles. The van der Waals surface area contributed by atoms with Crippen LogP contribution in [0.25, 0.3) is 0 Å². The van der Waals surface area contributed by atoms with Crippen molar-refractivity contribution in [3.63, 3.8) is 0 Å². The van der Waals surface area contributed by atoms with E-state index >= 15 is 0 Å². The van der Waals surface area contributed by atoms with Crippen LogP contribution in [-0.2, 0) is 0 Å². The van der Waals surface area contributed by atoms with E-state index < -0.39 is 0 Å². The summed E-state index contributed by atoms with van der Waals surface area (Å²) in [5.74, 6) is 1.84. The van der Waals surface area contributed by atoms with Gasteiger partial charge in [-0.3, -0.25) is 4.79 Å². The fourth-order valence-corrected chi connectivity index (χ4v) is 3.40. The quantitative estimate of drug-likeness (QED) is 0.746. The minimum Gasteiger partial charge on any atom is -0.496 e. The number of para-hydroxylation sites is 1. The van der Waals surface area contributed by atoms with Crippen molar-refractivity contribution in [1.82, 2.24) is 10.2 Å². The van der Waals surface area contributed by atoms with Crippen LogP contribution in [0.2, 0.25) is 0 Å². The SMILES string of the molecule is C=CCOc1ccc(C(=O)N2CCNCC2c2ccccc2OC)cc1OC. The van der Waals surface area contributed by atoms with Gasteiger partial charge >= 0.3 is 0 Å². The predicted molar refractivity (Wildman–Crippen MR) is 108 cm³/mol. The summed E-state index contributed by atoms with van der Waals surface area (Å²) in [5, 5.41) is 3.37. The molecule has 0 radical (unpaired) electrons. The van der Waals surface area contributed by atoms with E-state index in [1.807, 2.05) is 29.2 Å². The van der Waals surface area contributed by atoms with E-state index in [1.165, 1.54) is 0 Å². The molecule has 28 heavy (non-hydrogen) atoms. The van der Waals surface area contributed by atoms with Crippen LogP contribution in [0.15, 0.2) is 55.1 Å². The molecule has 0 aliphatic carbocycles. The zero-order valence-electron chi connectivity index (χ0n) is 16.3. The lowest BCUT2D eigenvalue weighted by Gasteiger charge is -2.37. The van der Waals surface area contributed by atoms with Crippen LogP contribution in [0.4, 0.5) is 0 Å². The molecular weight excluding hydrogens is 356 g/mol. The van der Waals surface area contributed by atoms with Gasteiger partial charge in [0.2, 0.25) is 0 Å². The van der Waals surface area contributed by atoms with Crippen molar-refractivity contribution in [2.75, 3.05) is 40.5 Å². The first-order valence-electron chi connectivity index (χ1n) is 9.26. The number of ether oxygens (including phenoxy) is 3. The van der Waals surface area contributed by atoms with Gasteiger partial charge in [-0.25, -0.2) is 0 Å². The molecule has 1 unspecified atom stereocenters. The summed E-state index contributed by atoms with van der Waals surface area (Å²) >= 11 is 0. The molecule has 1 atom stereocenters. The summed E-state index contributed by atoms with van der Waals surface area (Å²) in [6, 6.07) is 13.0. The molecule has 6 nitrogen and oxygen atoms in total. The van der Waals surface area contributed by atoms with Crippen molar-refractivity contribution in [2.45, 2.75) is 6.04 Å². The maximum absolute atomic E-state index is 13.3. The third kappa shape index (κ3) is 4.12. The minimum absolute atomic E-state index is 0.0500. The van der Waals surface area contributed by atoms with Gasteiger partial charge in [-0.15, -0.1) is 0 Å². The van der Waals surface area contributed by atoms with Crippen LogP contribution in [0.5, 0.6) is 17.2 Å². The minimum atomic E-state index is -0.111. The van der Waals surface area contributed by atoms with Gasteiger partial charge in [-0.1, -0.05) is 30.9 Å². The van der Waals surface area contributed by atoms with Crippen molar-refractivity contribution in [2.24, 2.45) is 0 Å². The Balaban J connectivity index is 1.90. The van der Waals surface area contributed by atoms with Crippen molar-refractivity contribution < 1.29 is 19.0 Å². The van der Waals surface area contributed by atoms with Gasteiger partial charge in [-0.05, 0) is 24.3 Å². The molecule has 0 spiro atoms. The third-order valence-electron chi connectivity index (χ3n) is 4.77. The van der Waals surface area contributed by atoms with Crippen LogP contribution in [0, 0.1) is 0 Å². The number of piperazine rings is 1. The number of rotatable bonds is 7. The highest BCUT2D eigenvalue weighted by Crippen LogP contribution is 2.33. The van der Waals surface area contributed by atoms with Gasteiger partial charge in [0.15, 0.2) is 11.5 Å². The van der Waals surface area contributed by atoms with Crippen molar-refractivity contribution in [3.8, 4) is 17.2 Å². The topological polar surface area (TPSA) is 60.0 Å². The molecule has 1 amide bonds. The first kappa shape index (κ1) is 19.8. The normalized spacial score (nSPS) is 16.4. The number of carbonyl (C=O) groups excluding carboxylic acids is 1. The fourth-order valence-electron chi connectivity index (χ4n) is 3.40. The Labute approximate surface area is 165 Å². The van der Waals surface area contributed by atoms with E-state index in [-0.39, 0.29) is 11.9 Å². The molecule has 6 heteroatoms. The zero-order chi connectivity index (χ0) is 19.9. The predicted octanol–water partition coefficient (Wildman–Crippen LogP) is 3.06. The number of hydrogen-bond acceptors (Lipinski definition) is 5. The van der Waals surface area contributed by atoms with E-state index in [1.54, 1.807) is 38.5 Å². The molecule has 2 aromatic rings. The third-order valence-corrected chi connectivity index (χ3v) is 4.77. The highest BCUT2D eigenvalue weighted by Gasteiger charge is 2.30. The zero-order valence-corrected chi connectivity index (χ0v) is 16.3. The molecular formula is C22H26N2O4. The number of methoxy groups -OCH3 is 2. The second kappa shape index (κ2) is 9.28. The molecule has 2 aromatic carbocycles. The van der Waals surface area contributed by atoms with Gasteiger partial charge in [0.1, 0.15) is 12.4 Å². The summed E-state index contributed by atoms with van der Waals surface area (Å²) in [5.41, 5.74) is 1.55. The van der Waals surface area contributed by atoms with Crippen molar-refractivity contribution >= 4 is 5.91 Å². The molecule has 0 saturated carbocycles. The Hall–Kier alpha value is -2.99. The summed E-state index contributed by atoms with van der Waals surface area (Å²) in [7, 11) is 3.21. The number of amides is 1. The monoisotopic (exact) mass is 382 g/mol. The van der Waals surface area contributed by atoms with Crippen LogP contribution in [0.1, 0.15) is 22.0 Å². The first-order valence-corrected chi connectivity index (χ1v) is 9.26. The molecule has 1 aliphatic heterocycles. The molecule has 0 bridgehead atoms. The van der Waals surface area contributed by atoms with E-state index in [4.69, 9.17) is 14.2 Å². The average molecular weight is 382 g/mol. The number of benzene rings is 2. The second-order valence-electron chi connectivity index (χ2n) is 6.43. The van der Waals surface area contributed by atoms with Gasteiger partial charge < -0.3 is 24.4 Å². The van der Waals surface area contributed by atoms with E-state index in [0.717, 1.165) is 17.9 Å². The highest BCUT2D eigenvalue weighted by atomic mass is 16.5. The molecule has 148 valence electrons. The molecule has 0 aromatic heterocycles. The average Bonchev–Trinajstić information content (AvgIpc) is 2.77. The number of carbonyl (C=O) groups is 1. The Morgan fingerprint density at radius 3 is 2.71 bits per heavy atom. The highest BCUT2D eigenvalue weighted by molar-refractivity contribution is 5.95. The summed E-state index contributed by atoms with van der Waals surface area (Å²) < 4.78 is 16.5. The lowest BCUT2D eigenvalue weighted by molar-refractivity contribution is 0.0631. The standard InChI is InChI=1S/C22H26N2O4/c1-4-13-28-20-10-9-16(14-21(20)27-3)22(25)24-12-11-23-15-18(24)17-7-5-6-8-19(17)26-2/h4-10,14,18,23H,1,11-13,15H2,2-3H3. The Kier molecular flexibility index (Phi) is 6.55. The Morgan fingerprint density at radius 2 is 1.96 bits per heavy atom. The lowest BCUT2D eigenvalue weighted by Crippen LogP contribution is -2.48. The Morgan fingerprint density at radius 1 is 1.18 bits per heavy atom. The number of nitrogens with one attached hydrogen (secondary N) is 1. The van der Waals surface area contributed by atoms with E-state index in [0.29, 0.717) is 36.8 Å². The van der Waals surface area contributed by atoms with Gasteiger partial charge in [0.05, 0.1) is 20.3 Å². The number of hydrogen-bond donors (Lipinski definition) is 1. The molecule has 1 aliphatic rings. The van der Waals surface area contributed by atoms with Crippen molar-refractivity contribution in [1.29, 1.82) is 0 Å². The smallest absolute Gasteiger partial charge is 0.254 e. The van der Waals surface area contributed by atoms with Gasteiger partial charge in [0, 0.05) is 30.8 Å². The van der Waals surface area contributed by atoms with Crippen LogP contribution in [-0.4, -0.2) is 51.3 Å². The summed E-state index contributed by atoms with van der Waals surface area (Å²) in [4.78, 5) is 15.2. The first-order chi connectivity index (χ1) is 13.7. The molecule has 1 N–H and O–H groups in total. The van der Waals surface area contributed by atoms with Crippen LogP contribution < -0.4 is 19.5 Å². The lowest BCUT2D eigenvalue weighted by atomic mass is 10.0. The van der Waals surface area contributed by atoms with E-state index in [9.17, 15) is 4.79 Å². The second-order valence-corrected chi connectivity index (χ2v) is 6.43. The molecule has 1 fully saturated rings. The van der Waals surface area contributed by atoms with Crippen molar-refractivity contribution in [3.05, 3.63) is 66.2 Å². The molecule has 1 saturated heterocycles. The van der Waals surface area contributed by atoms with Crippen LogP contribution in [0.3, 0.4) is 0 Å². The number of nitrogens with zero attached hydrogens (tertiary/aromatic N) is 1. The maximum Gasteiger partial charge on any atom is 0.254 e. The maximum atomic E-state index is 13.3. The van der Waals surface area contributed by atoms with Gasteiger partial charge in [-0.2, -0.15) is 0 Å². The summed E-state index contributed by atoms with van der Waals surface area (Å²) in [6.07, 6.45) is 1.66. The Bertz CT molecular complexity index is 837. The fraction of sp³-hybridized carbons (Fsp3) is 0.318. The van der Waals surface area contributed by atoms with E-state index in [2.05, 4.69) is 11.9 Å². The van der Waals surface area contributed by atoms with Gasteiger partial charge in [0.25, 0.3) is 5.91 Å². The molecule has 3 rings (SSSR count). The largest absolute Gasteiger partial charge is 0.496 e.